The molecule has 1 amide bonds. The maximum Gasteiger partial charge on any atom is 0.276 e. The zero-order valence-corrected chi connectivity index (χ0v) is 12.5. The van der Waals surface area contributed by atoms with Crippen molar-refractivity contribution in [3.05, 3.63) is 11.4 Å². The second-order valence-electron chi connectivity index (χ2n) is 5.77. The first-order chi connectivity index (χ1) is 9.54. The van der Waals surface area contributed by atoms with Crippen molar-refractivity contribution >= 4 is 11.6 Å². The number of methoxy groups -OCH3 is 1. The number of likely N-dealkylation sites (tertiary alicyclic amines) is 1. The molecule has 0 saturated carbocycles. The van der Waals surface area contributed by atoms with Gasteiger partial charge in [-0.2, -0.15) is 5.10 Å². The number of nitrogens with two attached hydrogens (primary N) is 1. The molecule has 6 heteroatoms. The summed E-state index contributed by atoms with van der Waals surface area (Å²) in [5.41, 5.74) is 7.71. The number of carbonyl (C=O) groups excluding carboxylic acids is 1. The van der Waals surface area contributed by atoms with Gasteiger partial charge in [0.05, 0.1) is 18.0 Å². The average molecular weight is 280 g/mol. The van der Waals surface area contributed by atoms with Crippen LogP contribution in [0.4, 0.5) is 5.69 Å². The van der Waals surface area contributed by atoms with Gasteiger partial charge in [0.2, 0.25) is 0 Å². The average Bonchev–Trinajstić information content (AvgIpc) is 2.80. The number of anilines is 1. The third-order valence-corrected chi connectivity index (χ3v) is 3.82. The number of nitrogens with zero attached hydrogens (tertiary/aromatic N) is 2. The van der Waals surface area contributed by atoms with Gasteiger partial charge in [-0.05, 0) is 24.7 Å². The highest BCUT2D eigenvalue weighted by Crippen LogP contribution is 2.25. The molecule has 0 spiro atoms. The van der Waals surface area contributed by atoms with Crippen LogP contribution < -0.4 is 5.73 Å². The van der Waals surface area contributed by atoms with E-state index in [0.29, 0.717) is 23.9 Å². The molecule has 1 aliphatic rings. The van der Waals surface area contributed by atoms with Crippen molar-refractivity contribution in [3.8, 4) is 0 Å². The fourth-order valence-corrected chi connectivity index (χ4v) is 2.74. The van der Waals surface area contributed by atoms with Crippen LogP contribution in [0.5, 0.6) is 0 Å². The molecule has 0 radical (unpaired) electrons. The molecule has 6 nitrogen and oxygen atoms in total. The lowest BCUT2D eigenvalue weighted by Gasteiger charge is -2.32. The third kappa shape index (κ3) is 2.95. The highest BCUT2D eigenvalue weighted by Gasteiger charge is 2.28. The van der Waals surface area contributed by atoms with Crippen molar-refractivity contribution in [2.45, 2.75) is 32.6 Å². The lowest BCUT2D eigenvalue weighted by molar-refractivity contribution is 0.0566. The first-order valence-corrected chi connectivity index (χ1v) is 7.16. The monoisotopic (exact) mass is 280 g/mol. The molecule has 2 rings (SSSR count). The summed E-state index contributed by atoms with van der Waals surface area (Å²) >= 11 is 0. The number of aromatic amines is 1. The lowest BCUT2D eigenvalue weighted by Crippen LogP contribution is -2.41. The van der Waals surface area contributed by atoms with Crippen LogP contribution in [-0.4, -0.2) is 47.8 Å². The van der Waals surface area contributed by atoms with E-state index in [4.69, 9.17) is 10.5 Å². The highest BCUT2D eigenvalue weighted by molar-refractivity contribution is 5.97. The van der Waals surface area contributed by atoms with E-state index < -0.39 is 0 Å². The predicted octanol–water partition coefficient (Wildman–Crippen LogP) is 1.61. The first kappa shape index (κ1) is 14.8. The number of hydrogen-bond donors (Lipinski definition) is 2. The van der Waals surface area contributed by atoms with E-state index in [1.807, 2.05) is 18.7 Å². The molecule has 1 atom stereocenters. The SMILES string of the molecule is COCC1CCCN(C(=O)c2n[nH]c(C(C)C)c2N)C1. The van der Waals surface area contributed by atoms with Crippen molar-refractivity contribution in [2.24, 2.45) is 5.92 Å². The molecule has 3 N–H and O–H groups in total. The number of H-pyrrole nitrogens is 1. The van der Waals surface area contributed by atoms with Gasteiger partial charge in [-0.1, -0.05) is 13.8 Å². The maximum atomic E-state index is 12.5. The molecule has 0 aliphatic carbocycles. The zero-order valence-electron chi connectivity index (χ0n) is 12.5. The van der Waals surface area contributed by atoms with Gasteiger partial charge in [-0.15, -0.1) is 0 Å². The van der Waals surface area contributed by atoms with Gasteiger partial charge in [-0.25, -0.2) is 0 Å². The molecule has 1 aromatic heterocycles. The molecule has 0 bridgehead atoms. The highest BCUT2D eigenvalue weighted by atomic mass is 16.5. The molecular weight excluding hydrogens is 256 g/mol. The summed E-state index contributed by atoms with van der Waals surface area (Å²) < 4.78 is 5.19. The van der Waals surface area contributed by atoms with Gasteiger partial charge in [0.25, 0.3) is 5.91 Å². The number of amides is 1. The Hall–Kier alpha value is -1.56. The number of rotatable bonds is 4. The summed E-state index contributed by atoms with van der Waals surface area (Å²) in [6.07, 6.45) is 2.10. The van der Waals surface area contributed by atoms with Crippen molar-refractivity contribution in [3.63, 3.8) is 0 Å². The number of hydrogen-bond acceptors (Lipinski definition) is 4. The molecule has 1 saturated heterocycles. The number of carbonyl (C=O) groups is 1. The third-order valence-electron chi connectivity index (χ3n) is 3.82. The zero-order chi connectivity index (χ0) is 14.7. The Kier molecular flexibility index (Phi) is 4.65. The van der Waals surface area contributed by atoms with E-state index in [1.165, 1.54) is 0 Å². The van der Waals surface area contributed by atoms with Crippen LogP contribution in [0.1, 0.15) is 48.8 Å². The number of ether oxygens (including phenoxy) is 1. The summed E-state index contributed by atoms with van der Waals surface area (Å²) in [7, 11) is 1.70. The summed E-state index contributed by atoms with van der Waals surface area (Å²) in [4.78, 5) is 14.4. The number of aromatic nitrogens is 2. The maximum absolute atomic E-state index is 12.5. The van der Waals surface area contributed by atoms with Crippen LogP contribution in [0.3, 0.4) is 0 Å². The Labute approximate surface area is 119 Å². The molecule has 2 heterocycles. The van der Waals surface area contributed by atoms with E-state index in [-0.39, 0.29) is 11.8 Å². The van der Waals surface area contributed by atoms with Gasteiger partial charge < -0.3 is 15.4 Å². The van der Waals surface area contributed by atoms with Crippen molar-refractivity contribution in [1.29, 1.82) is 0 Å². The van der Waals surface area contributed by atoms with Crippen LogP contribution in [0, 0.1) is 5.92 Å². The Bertz CT molecular complexity index is 468. The first-order valence-electron chi connectivity index (χ1n) is 7.16. The molecule has 1 unspecified atom stereocenters. The number of nitrogen functional groups attached to an aromatic ring is 1. The molecule has 20 heavy (non-hydrogen) atoms. The van der Waals surface area contributed by atoms with Crippen LogP contribution in [0.15, 0.2) is 0 Å². The standard InChI is InChI=1S/C14H24N4O2/c1-9(2)12-11(15)13(17-16-12)14(19)18-6-4-5-10(7-18)8-20-3/h9-10H,4-8,15H2,1-3H3,(H,16,17). The summed E-state index contributed by atoms with van der Waals surface area (Å²) in [6.45, 7) is 6.22. The Morgan fingerprint density at radius 1 is 1.60 bits per heavy atom. The molecular formula is C14H24N4O2. The van der Waals surface area contributed by atoms with E-state index in [2.05, 4.69) is 10.2 Å². The van der Waals surface area contributed by atoms with Crippen LogP contribution in [-0.2, 0) is 4.74 Å². The molecule has 0 aromatic carbocycles. The quantitative estimate of drug-likeness (QED) is 0.877. The van der Waals surface area contributed by atoms with Crippen molar-refractivity contribution < 1.29 is 9.53 Å². The topological polar surface area (TPSA) is 84.2 Å². The second kappa shape index (κ2) is 6.26. The largest absolute Gasteiger partial charge is 0.395 e. The summed E-state index contributed by atoms with van der Waals surface area (Å²) in [6, 6.07) is 0. The lowest BCUT2D eigenvalue weighted by atomic mass is 9.98. The molecule has 1 aromatic rings. The van der Waals surface area contributed by atoms with E-state index in [0.717, 1.165) is 31.6 Å². The fraction of sp³-hybridized carbons (Fsp3) is 0.714. The van der Waals surface area contributed by atoms with Gasteiger partial charge in [0.15, 0.2) is 5.69 Å². The smallest absolute Gasteiger partial charge is 0.276 e. The van der Waals surface area contributed by atoms with E-state index in [1.54, 1.807) is 7.11 Å². The van der Waals surface area contributed by atoms with Gasteiger partial charge >= 0.3 is 0 Å². The Balaban J connectivity index is 2.11. The van der Waals surface area contributed by atoms with Crippen molar-refractivity contribution in [1.82, 2.24) is 15.1 Å². The Morgan fingerprint density at radius 2 is 2.35 bits per heavy atom. The number of nitrogens with one attached hydrogen (secondary N) is 1. The predicted molar refractivity (Wildman–Crippen MR) is 77.6 cm³/mol. The summed E-state index contributed by atoms with van der Waals surface area (Å²) in [5.74, 6) is 0.556. The van der Waals surface area contributed by atoms with E-state index in [9.17, 15) is 4.79 Å². The second-order valence-corrected chi connectivity index (χ2v) is 5.77. The summed E-state index contributed by atoms with van der Waals surface area (Å²) in [5, 5.41) is 6.99. The van der Waals surface area contributed by atoms with Crippen LogP contribution in [0.2, 0.25) is 0 Å². The normalized spacial score (nSPS) is 19.6. The van der Waals surface area contributed by atoms with Gasteiger partial charge in [-0.3, -0.25) is 9.89 Å². The minimum Gasteiger partial charge on any atom is -0.395 e. The Morgan fingerprint density at radius 3 is 2.95 bits per heavy atom. The molecule has 1 fully saturated rings. The van der Waals surface area contributed by atoms with Crippen LogP contribution >= 0.6 is 0 Å². The van der Waals surface area contributed by atoms with E-state index >= 15 is 0 Å². The van der Waals surface area contributed by atoms with Gasteiger partial charge in [0.1, 0.15) is 0 Å². The molecule has 112 valence electrons. The van der Waals surface area contributed by atoms with Crippen molar-refractivity contribution in [2.75, 3.05) is 32.5 Å². The van der Waals surface area contributed by atoms with Crippen LogP contribution in [0.25, 0.3) is 0 Å². The molecule has 1 aliphatic heterocycles. The van der Waals surface area contributed by atoms with Gasteiger partial charge in [0, 0.05) is 20.2 Å². The number of piperidine rings is 1. The minimum atomic E-state index is -0.0774. The fourth-order valence-electron chi connectivity index (χ4n) is 2.74. The minimum absolute atomic E-state index is 0.0774.